The summed E-state index contributed by atoms with van der Waals surface area (Å²) >= 11 is 3.25. The predicted octanol–water partition coefficient (Wildman–Crippen LogP) is 2.64. The molecule has 1 aliphatic carbocycles. The number of H-pyrrole nitrogens is 1. The number of carbonyl (C=O) groups is 1. The summed E-state index contributed by atoms with van der Waals surface area (Å²) in [4.78, 5) is 10.8. The number of hydrogen-bond acceptors (Lipinski definition) is 2. The zero-order chi connectivity index (χ0) is 9.26. The molecule has 3 nitrogen and oxygen atoms in total. The Labute approximate surface area is 85.0 Å². The van der Waals surface area contributed by atoms with Crippen LogP contribution < -0.4 is 0 Å². The number of hydrogen-bond donors (Lipinski definition) is 1. The van der Waals surface area contributed by atoms with Gasteiger partial charge in [-0.3, -0.25) is 9.89 Å². The van der Waals surface area contributed by atoms with E-state index < -0.39 is 0 Å². The van der Waals surface area contributed by atoms with E-state index in [0.29, 0.717) is 16.1 Å². The van der Waals surface area contributed by atoms with Crippen LogP contribution in [0.15, 0.2) is 4.60 Å². The van der Waals surface area contributed by atoms with Gasteiger partial charge in [0.2, 0.25) is 0 Å². The van der Waals surface area contributed by atoms with Crippen LogP contribution >= 0.6 is 15.9 Å². The Hall–Kier alpha value is -0.640. The van der Waals surface area contributed by atoms with Gasteiger partial charge >= 0.3 is 0 Å². The second-order valence-corrected chi connectivity index (χ2v) is 4.19. The maximum absolute atomic E-state index is 10.8. The van der Waals surface area contributed by atoms with Crippen LogP contribution in [-0.4, -0.2) is 16.5 Å². The van der Waals surface area contributed by atoms with Crippen molar-refractivity contribution in [3.8, 4) is 0 Å². The van der Waals surface area contributed by atoms with Crippen LogP contribution in [0.1, 0.15) is 47.7 Å². The number of aromatic nitrogens is 2. The molecule has 0 amide bonds. The van der Waals surface area contributed by atoms with Gasteiger partial charge in [0.25, 0.3) is 0 Å². The van der Waals surface area contributed by atoms with E-state index in [4.69, 9.17) is 0 Å². The Balaban J connectivity index is 2.32. The van der Waals surface area contributed by atoms with Gasteiger partial charge in [0.15, 0.2) is 6.29 Å². The Kier molecular flexibility index (Phi) is 2.49. The standard InChI is InChI=1S/C9H11BrN2O/c10-9-7(5-13)8(11-12-9)6-3-1-2-4-6/h5-6H,1-4H2,(H,11,12). The third kappa shape index (κ3) is 1.55. The zero-order valence-corrected chi connectivity index (χ0v) is 8.80. The summed E-state index contributed by atoms with van der Waals surface area (Å²) in [6, 6.07) is 0. The highest BCUT2D eigenvalue weighted by atomic mass is 79.9. The van der Waals surface area contributed by atoms with Crippen LogP contribution in [0.3, 0.4) is 0 Å². The van der Waals surface area contributed by atoms with E-state index in [9.17, 15) is 4.79 Å². The van der Waals surface area contributed by atoms with Crippen molar-refractivity contribution in [3.63, 3.8) is 0 Å². The number of halogens is 1. The molecule has 1 heterocycles. The second kappa shape index (κ2) is 3.62. The molecule has 1 aromatic rings. The van der Waals surface area contributed by atoms with Gasteiger partial charge in [0.1, 0.15) is 4.60 Å². The fourth-order valence-electron chi connectivity index (χ4n) is 1.98. The summed E-state index contributed by atoms with van der Waals surface area (Å²) in [5.41, 5.74) is 1.71. The molecule has 13 heavy (non-hydrogen) atoms. The van der Waals surface area contributed by atoms with E-state index in [-0.39, 0.29) is 0 Å². The van der Waals surface area contributed by atoms with E-state index >= 15 is 0 Å². The second-order valence-electron chi connectivity index (χ2n) is 3.44. The molecule has 4 heteroatoms. The van der Waals surface area contributed by atoms with Crippen LogP contribution in [0.4, 0.5) is 0 Å². The molecule has 0 atom stereocenters. The lowest BCUT2D eigenvalue weighted by atomic mass is 10.0. The molecule has 1 aromatic heterocycles. The lowest BCUT2D eigenvalue weighted by molar-refractivity contribution is 0.112. The van der Waals surface area contributed by atoms with Gasteiger partial charge in [-0.2, -0.15) is 5.10 Å². The summed E-state index contributed by atoms with van der Waals surface area (Å²) in [6.45, 7) is 0. The molecule has 0 aromatic carbocycles. The van der Waals surface area contributed by atoms with Gasteiger partial charge in [-0.05, 0) is 28.8 Å². The van der Waals surface area contributed by atoms with E-state index in [0.717, 1.165) is 12.0 Å². The van der Waals surface area contributed by atoms with Crippen molar-refractivity contribution in [2.45, 2.75) is 31.6 Å². The third-order valence-electron chi connectivity index (χ3n) is 2.67. The lowest BCUT2D eigenvalue weighted by Gasteiger charge is -2.05. The minimum atomic E-state index is 0.513. The predicted molar refractivity (Wildman–Crippen MR) is 52.9 cm³/mol. The zero-order valence-electron chi connectivity index (χ0n) is 7.22. The van der Waals surface area contributed by atoms with Gasteiger partial charge in [0, 0.05) is 11.6 Å². The molecule has 0 saturated heterocycles. The molecule has 0 radical (unpaired) electrons. The van der Waals surface area contributed by atoms with Gasteiger partial charge in [-0.25, -0.2) is 0 Å². The summed E-state index contributed by atoms with van der Waals surface area (Å²) in [5.74, 6) is 0.513. The molecule has 0 spiro atoms. The molecule has 1 saturated carbocycles. The minimum absolute atomic E-state index is 0.513. The smallest absolute Gasteiger partial charge is 0.154 e. The fourth-order valence-corrected chi connectivity index (χ4v) is 2.37. The number of aromatic amines is 1. The highest BCUT2D eigenvalue weighted by molar-refractivity contribution is 9.10. The van der Waals surface area contributed by atoms with Crippen molar-refractivity contribution in [1.82, 2.24) is 10.2 Å². The number of nitrogens with zero attached hydrogens (tertiary/aromatic N) is 1. The van der Waals surface area contributed by atoms with Crippen molar-refractivity contribution in [2.75, 3.05) is 0 Å². The molecule has 0 bridgehead atoms. The number of aldehydes is 1. The van der Waals surface area contributed by atoms with Crippen molar-refractivity contribution in [3.05, 3.63) is 15.9 Å². The highest BCUT2D eigenvalue weighted by Crippen LogP contribution is 2.35. The fraction of sp³-hybridized carbons (Fsp3) is 0.556. The number of rotatable bonds is 2. The molecule has 1 N–H and O–H groups in total. The molecule has 0 unspecified atom stereocenters. The normalized spacial score (nSPS) is 17.9. The molecule has 1 fully saturated rings. The van der Waals surface area contributed by atoms with Crippen molar-refractivity contribution >= 4 is 22.2 Å². The van der Waals surface area contributed by atoms with Crippen LogP contribution in [0.5, 0.6) is 0 Å². The first-order valence-corrected chi connectivity index (χ1v) is 5.31. The van der Waals surface area contributed by atoms with Crippen LogP contribution in [0, 0.1) is 0 Å². The molecule has 1 aliphatic rings. The summed E-state index contributed by atoms with van der Waals surface area (Å²) in [5, 5.41) is 6.93. The SMILES string of the molecule is O=Cc1c(Br)n[nH]c1C1CCCC1. The first kappa shape index (κ1) is 8.94. The van der Waals surface area contributed by atoms with Gasteiger partial charge in [0.05, 0.1) is 5.56 Å². The Morgan fingerprint density at radius 1 is 1.46 bits per heavy atom. The number of nitrogens with one attached hydrogen (secondary N) is 1. The van der Waals surface area contributed by atoms with Crippen LogP contribution in [-0.2, 0) is 0 Å². The van der Waals surface area contributed by atoms with Crippen molar-refractivity contribution in [2.24, 2.45) is 0 Å². The van der Waals surface area contributed by atoms with E-state index in [2.05, 4.69) is 26.1 Å². The van der Waals surface area contributed by atoms with E-state index in [1.807, 2.05) is 0 Å². The quantitative estimate of drug-likeness (QED) is 0.811. The maximum Gasteiger partial charge on any atom is 0.154 e. The van der Waals surface area contributed by atoms with Crippen LogP contribution in [0.25, 0.3) is 0 Å². The van der Waals surface area contributed by atoms with Crippen LogP contribution in [0.2, 0.25) is 0 Å². The monoisotopic (exact) mass is 242 g/mol. The molecular formula is C9H11BrN2O. The molecular weight excluding hydrogens is 232 g/mol. The van der Waals surface area contributed by atoms with Gasteiger partial charge < -0.3 is 0 Å². The maximum atomic E-state index is 10.8. The van der Waals surface area contributed by atoms with E-state index in [1.54, 1.807) is 0 Å². The van der Waals surface area contributed by atoms with Crippen molar-refractivity contribution < 1.29 is 4.79 Å². The Morgan fingerprint density at radius 2 is 2.15 bits per heavy atom. The first-order valence-electron chi connectivity index (χ1n) is 4.52. The topological polar surface area (TPSA) is 45.8 Å². The summed E-state index contributed by atoms with van der Waals surface area (Å²) < 4.78 is 0.643. The average Bonchev–Trinajstić information content (AvgIpc) is 2.71. The van der Waals surface area contributed by atoms with Gasteiger partial charge in [-0.1, -0.05) is 12.8 Å². The Bertz CT molecular complexity index is 315. The lowest BCUT2D eigenvalue weighted by Crippen LogP contribution is -1.96. The number of carbonyl (C=O) groups excluding carboxylic acids is 1. The average molecular weight is 243 g/mol. The first-order chi connectivity index (χ1) is 6.33. The largest absolute Gasteiger partial charge is 0.298 e. The highest BCUT2D eigenvalue weighted by Gasteiger charge is 2.23. The Morgan fingerprint density at radius 3 is 2.77 bits per heavy atom. The molecule has 2 rings (SSSR count). The summed E-state index contributed by atoms with van der Waals surface area (Å²) in [6.07, 6.45) is 5.76. The third-order valence-corrected chi connectivity index (χ3v) is 3.27. The summed E-state index contributed by atoms with van der Waals surface area (Å²) in [7, 11) is 0. The van der Waals surface area contributed by atoms with Crippen molar-refractivity contribution in [1.29, 1.82) is 0 Å². The molecule has 0 aliphatic heterocycles. The van der Waals surface area contributed by atoms with Gasteiger partial charge in [-0.15, -0.1) is 0 Å². The van der Waals surface area contributed by atoms with E-state index in [1.165, 1.54) is 25.7 Å². The minimum Gasteiger partial charge on any atom is -0.298 e. The molecule has 70 valence electrons.